The molecule has 0 aliphatic heterocycles. The van der Waals surface area contributed by atoms with Gasteiger partial charge in [-0.3, -0.25) is 0 Å². The Hall–Kier alpha value is -2.22. The molecule has 0 atom stereocenters. The Morgan fingerprint density at radius 3 is 2.11 bits per heavy atom. The van der Waals surface area contributed by atoms with E-state index in [2.05, 4.69) is 18.2 Å². The van der Waals surface area contributed by atoms with Gasteiger partial charge in [-0.1, -0.05) is 42.5 Å². The van der Waals surface area contributed by atoms with Gasteiger partial charge in [0.05, 0.1) is 14.2 Å². The molecule has 2 aromatic rings. The molecule has 0 aliphatic carbocycles. The zero-order valence-corrected chi connectivity index (χ0v) is 11.5. The van der Waals surface area contributed by atoms with Crippen molar-refractivity contribution >= 4 is 5.57 Å². The van der Waals surface area contributed by atoms with Crippen LogP contribution in [0.4, 0.5) is 0 Å². The number of benzene rings is 2. The smallest absolute Gasteiger partial charge is 0.161 e. The molecule has 19 heavy (non-hydrogen) atoms. The largest absolute Gasteiger partial charge is 0.493 e. The van der Waals surface area contributed by atoms with Crippen molar-refractivity contribution in [3.8, 4) is 11.5 Å². The zero-order chi connectivity index (χ0) is 13.7. The maximum absolute atomic E-state index is 5.36. The minimum atomic E-state index is 0.745. The summed E-state index contributed by atoms with van der Waals surface area (Å²) in [4.78, 5) is 0. The molecule has 0 saturated heterocycles. The molecule has 0 unspecified atom stereocenters. The highest BCUT2D eigenvalue weighted by molar-refractivity contribution is 5.80. The lowest BCUT2D eigenvalue weighted by atomic mass is 9.97. The highest BCUT2D eigenvalue weighted by atomic mass is 16.5. The van der Waals surface area contributed by atoms with Crippen LogP contribution in [0.3, 0.4) is 0 Å². The van der Waals surface area contributed by atoms with Crippen LogP contribution in [0, 0.1) is 0 Å². The predicted molar refractivity (Wildman–Crippen MR) is 78.7 cm³/mol. The lowest BCUT2D eigenvalue weighted by molar-refractivity contribution is 0.355. The first-order valence-electron chi connectivity index (χ1n) is 6.24. The van der Waals surface area contributed by atoms with Crippen LogP contribution in [0.2, 0.25) is 0 Å². The minimum Gasteiger partial charge on any atom is -0.493 e. The van der Waals surface area contributed by atoms with Gasteiger partial charge in [-0.25, -0.2) is 0 Å². The number of hydrogen-bond acceptors (Lipinski definition) is 2. The molecule has 0 aromatic heterocycles. The Bertz CT molecular complexity index is 571. The summed E-state index contributed by atoms with van der Waals surface area (Å²) < 4.78 is 10.6. The fraction of sp³-hybridized carbons (Fsp3) is 0.176. The van der Waals surface area contributed by atoms with Gasteiger partial charge in [0.25, 0.3) is 0 Å². The van der Waals surface area contributed by atoms with Crippen LogP contribution in [-0.4, -0.2) is 14.2 Å². The highest BCUT2D eigenvalue weighted by Crippen LogP contribution is 2.32. The van der Waals surface area contributed by atoms with Crippen molar-refractivity contribution in [3.05, 3.63) is 65.7 Å². The Labute approximate surface area is 114 Å². The van der Waals surface area contributed by atoms with E-state index in [0.717, 1.165) is 17.1 Å². The van der Waals surface area contributed by atoms with Crippen LogP contribution in [0.1, 0.15) is 18.1 Å². The third-order valence-electron chi connectivity index (χ3n) is 3.07. The average Bonchev–Trinajstić information content (AvgIpc) is 2.49. The number of allylic oxidation sites excluding steroid dienone is 1. The van der Waals surface area contributed by atoms with Crippen molar-refractivity contribution < 1.29 is 9.47 Å². The Kier molecular flexibility index (Phi) is 4.24. The maximum Gasteiger partial charge on any atom is 0.161 e. The van der Waals surface area contributed by atoms with E-state index in [-0.39, 0.29) is 0 Å². The van der Waals surface area contributed by atoms with Crippen molar-refractivity contribution in [3.63, 3.8) is 0 Å². The lowest BCUT2D eigenvalue weighted by Gasteiger charge is -2.12. The van der Waals surface area contributed by atoms with E-state index < -0.39 is 0 Å². The van der Waals surface area contributed by atoms with E-state index in [4.69, 9.17) is 9.47 Å². The SMILES string of the molecule is C/C=C(\c1ccccc1)c1ccc(OC)c(OC)c1. The third-order valence-corrected chi connectivity index (χ3v) is 3.07. The molecule has 0 bridgehead atoms. The summed E-state index contributed by atoms with van der Waals surface area (Å²) in [6, 6.07) is 16.3. The fourth-order valence-electron chi connectivity index (χ4n) is 2.12. The van der Waals surface area contributed by atoms with Crippen LogP contribution in [0.15, 0.2) is 54.6 Å². The van der Waals surface area contributed by atoms with E-state index in [1.807, 2.05) is 43.3 Å². The van der Waals surface area contributed by atoms with Crippen LogP contribution >= 0.6 is 0 Å². The number of hydrogen-bond donors (Lipinski definition) is 0. The van der Waals surface area contributed by atoms with Crippen molar-refractivity contribution in [2.45, 2.75) is 6.92 Å². The van der Waals surface area contributed by atoms with Crippen molar-refractivity contribution in [1.29, 1.82) is 0 Å². The molecular formula is C17H18O2. The highest BCUT2D eigenvalue weighted by Gasteiger charge is 2.08. The molecule has 0 aliphatic rings. The van der Waals surface area contributed by atoms with E-state index in [9.17, 15) is 0 Å². The summed E-state index contributed by atoms with van der Waals surface area (Å²) in [5.74, 6) is 1.49. The number of rotatable bonds is 4. The molecule has 2 rings (SSSR count). The van der Waals surface area contributed by atoms with Gasteiger partial charge in [0.15, 0.2) is 11.5 Å². The third kappa shape index (κ3) is 2.79. The Morgan fingerprint density at radius 2 is 1.53 bits per heavy atom. The monoisotopic (exact) mass is 254 g/mol. The van der Waals surface area contributed by atoms with Gasteiger partial charge in [-0.2, -0.15) is 0 Å². The molecule has 0 amide bonds. The van der Waals surface area contributed by atoms with E-state index in [1.54, 1.807) is 14.2 Å². The summed E-state index contributed by atoms with van der Waals surface area (Å²) in [5.41, 5.74) is 3.49. The summed E-state index contributed by atoms with van der Waals surface area (Å²) in [7, 11) is 3.30. The fourth-order valence-corrected chi connectivity index (χ4v) is 2.12. The van der Waals surface area contributed by atoms with Crippen LogP contribution in [0.5, 0.6) is 11.5 Å². The first-order chi connectivity index (χ1) is 9.30. The molecule has 2 nitrogen and oxygen atoms in total. The summed E-state index contributed by atoms with van der Waals surface area (Å²) in [6.07, 6.45) is 2.11. The molecule has 2 heteroatoms. The molecule has 0 radical (unpaired) electrons. The predicted octanol–water partition coefficient (Wildman–Crippen LogP) is 4.16. The molecule has 0 spiro atoms. The van der Waals surface area contributed by atoms with Gasteiger partial charge in [-0.15, -0.1) is 0 Å². The quantitative estimate of drug-likeness (QED) is 0.815. The van der Waals surface area contributed by atoms with Gasteiger partial charge in [-0.05, 0) is 35.8 Å². The van der Waals surface area contributed by atoms with Crippen molar-refractivity contribution in [2.24, 2.45) is 0 Å². The molecule has 0 fully saturated rings. The maximum atomic E-state index is 5.36. The Balaban J connectivity index is 2.46. The van der Waals surface area contributed by atoms with Crippen molar-refractivity contribution in [2.75, 3.05) is 14.2 Å². The van der Waals surface area contributed by atoms with Gasteiger partial charge in [0.1, 0.15) is 0 Å². The molecule has 2 aromatic carbocycles. The van der Waals surface area contributed by atoms with Gasteiger partial charge < -0.3 is 9.47 Å². The molecular weight excluding hydrogens is 236 g/mol. The normalized spacial score (nSPS) is 11.2. The number of methoxy groups -OCH3 is 2. The second kappa shape index (κ2) is 6.10. The molecule has 98 valence electrons. The first kappa shape index (κ1) is 13.2. The number of ether oxygens (including phenoxy) is 2. The topological polar surface area (TPSA) is 18.5 Å². The standard InChI is InChI=1S/C17H18O2/c1-4-15(13-8-6-5-7-9-13)14-10-11-16(18-2)17(12-14)19-3/h4-12H,1-3H3/b15-4+. The van der Waals surface area contributed by atoms with Crippen LogP contribution < -0.4 is 9.47 Å². The van der Waals surface area contributed by atoms with Gasteiger partial charge >= 0.3 is 0 Å². The first-order valence-corrected chi connectivity index (χ1v) is 6.24. The zero-order valence-electron chi connectivity index (χ0n) is 11.5. The average molecular weight is 254 g/mol. The molecule has 0 saturated carbocycles. The van der Waals surface area contributed by atoms with E-state index >= 15 is 0 Å². The molecule has 0 heterocycles. The second-order valence-electron chi connectivity index (χ2n) is 4.14. The summed E-state index contributed by atoms with van der Waals surface area (Å²) in [6.45, 7) is 2.04. The van der Waals surface area contributed by atoms with Gasteiger partial charge in [0, 0.05) is 0 Å². The Morgan fingerprint density at radius 1 is 0.842 bits per heavy atom. The van der Waals surface area contributed by atoms with Crippen molar-refractivity contribution in [1.82, 2.24) is 0 Å². The summed E-state index contributed by atoms with van der Waals surface area (Å²) >= 11 is 0. The van der Waals surface area contributed by atoms with E-state index in [0.29, 0.717) is 0 Å². The summed E-state index contributed by atoms with van der Waals surface area (Å²) in [5, 5.41) is 0. The lowest BCUT2D eigenvalue weighted by Crippen LogP contribution is -1.93. The molecule has 0 N–H and O–H groups in total. The second-order valence-corrected chi connectivity index (χ2v) is 4.14. The van der Waals surface area contributed by atoms with Gasteiger partial charge in [0.2, 0.25) is 0 Å². The minimum absolute atomic E-state index is 0.745. The van der Waals surface area contributed by atoms with E-state index in [1.165, 1.54) is 11.1 Å². The van der Waals surface area contributed by atoms with Crippen LogP contribution in [0.25, 0.3) is 5.57 Å². The van der Waals surface area contributed by atoms with Crippen LogP contribution in [-0.2, 0) is 0 Å².